The smallest absolute Gasteiger partial charge is 0.258 e. The minimum Gasteiger partial charge on any atom is -0.484 e. The van der Waals surface area contributed by atoms with Crippen molar-refractivity contribution in [1.82, 2.24) is 9.88 Å². The lowest BCUT2D eigenvalue weighted by molar-refractivity contribution is -0.123. The van der Waals surface area contributed by atoms with E-state index in [1.165, 1.54) is 18.2 Å². The van der Waals surface area contributed by atoms with Crippen molar-refractivity contribution < 1.29 is 13.9 Å². The predicted octanol–water partition coefficient (Wildman–Crippen LogP) is 1.86. The third-order valence-electron chi connectivity index (χ3n) is 2.55. The number of nitrogens with zero attached hydrogens (tertiary/aromatic N) is 1. The summed E-state index contributed by atoms with van der Waals surface area (Å²) in [7, 11) is 1.92. The molecule has 4 nitrogen and oxygen atoms in total. The van der Waals surface area contributed by atoms with Crippen LogP contribution in [-0.4, -0.2) is 17.1 Å². The number of carbonyl (C=O) groups is 1. The maximum absolute atomic E-state index is 12.9. The Hall–Kier alpha value is -2.30. The van der Waals surface area contributed by atoms with Crippen LogP contribution in [0.2, 0.25) is 0 Å². The minimum atomic E-state index is -0.387. The van der Waals surface area contributed by atoms with Crippen molar-refractivity contribution >= 4 is 5.91 Å². The largest absolute Gasteiger partial charge is 0.484 e. The van der Waals surface area contributed by atoms with Gasteiger partial charge < -0.3 is 14.6 Å². The van der Waals surface area contributed by atoms with Gasteiger partial charge in [0.1, 0.15) is 11.6 Å². The zero-order valence-corrected chi connectivity index (χ0v) is 10.6. The molecule has 1 amide bonds. The number of aryl methyl sites for hydroxylation is 1. The van der Waals surface area contributed by atoms with Gasteiger partial charge in [-0.3, -0.25) is 4.79 Å². The second kappa shape index (κ2) is 6.04. The van der Waals surface area contributed by atoms with Crippen molar-refractivity contribution in [3.63, 3.8) is 0 Å². The van der Waals surface area contributed by atoms with E-state index in [0.29, 0.717) is 12.3 Å². The third-order valence-corrected chi connectivity index (χ3v) is 2.55. The molecule has 2 rings (SSSR count). The van der Waals surface area contributed by atoms with Crippen LogP contribution in [0.25, 0.3) is 0 Å². The number of amides is 1. The number of aromatic nitrogens is 1. The standard InChI is InChI=1S/C14H15FN2O2/c1-17-6-5-11(9-17)8-16-14(18)10-19-13-4-2-3-12(15)7-13/h2-7,9H,8,10H2,1H3,(H,16,18). The zero-order valence-electron chi connectivity index (χ0n) is 10.6. The summed E-state index contributed by atoms with van der Waals surface area (Å²) >= 11 is 0. The molecule has 1 heterocycles. The molecule has 0 fully saturated rings. The molecule has 0 atom stereocenters. The molecule has 0 aliphatic carbocycles. The summed E-state index contributed by atoms with van der Waals surface area (Å²) in [6, 6.07) is 7.63. The molecule has 0 saturated heterocycles. The first-order chi connectivity index (χ1) is 9.13. The third kappa shape index (κ3) is 4.13. The van der Waals surface area contributed by atoms with E-state index in [1.54, 1.807) is 6.07 Å². The highest BCUT2D eigenvalue weighted by molar-refractivity contribution is 5.77. The average Bonchev–Trinajstić information content (AvgIpc) is 2.80. The number of hydrogen-bond donors (Lipinski definition) is 1. The summed E-state index contributed by atoms with van der Waals surface area (Å²) in [5, 5.41) is 2.73. The van der Waals surface area contributed by atoms with Gasteiger partial charge in [0.2, 0.25) is 0 Å². The Bertz CT molecular complexity index is 566. The molecule has 0 radical (unpaired) electrons. The second-order valence-corrected chi connectivity index (χ2v) is 4.21. The van der Waals surface area contributed by atoms with Crippen molar-refractivity contribution in [3.05, 3.63) is 54.1 Å². The Labute approximate surface area is 110 Å². The van der Waals surface area contributed by atoms with Gasteiger partial charge in [-0.15, -0.1) is 0 Å². The Balaban J connectivity index is 1.75. The normalized spacial score (nSPS) is 10.2. The first kappa shape index (κ1) is 13.1. The van der Waals surface area contributed by atoms with Gasteiger partial charge in [0, 0.05) is 32.1 Å². The van der Waals surface area contributed by atoms with Gasteiger partial charge in [-0.05, 0) is 23.8 Å². The molecule has 1 N–H and O–H groups in total. The first-order valence-corrected chi connectivity index (χ1v) is 5.89. The van der Waals surface area contributed by atoms with Crippen molar-refractivity contribution in [3.8, 4) is 5.75 Å². The molecule has 0 bridgehead atoms. The molecule has 0 saturated carbocycles. The number of ether oxygens (including phenoxy) is 1. The molecule has 0 unspecified atom stereocenters. The number of nitrogens with one attached hydrogen (secondary N) is 1. The summed E-state index contributed by atoms with van der Waals surface area (Å²) in [5.74, 6) is -0.287. The van der Waals surface area contributed by atoms with E-state index in [9.17, 15) is 9.18 Å². The number of halogens is 1. The Morgan fingerprint density at radius 3 is 2.95 bits per heavy atom. The fourth-order valence-corrected chi connectivity index (χ4v) is 1.62. The molecule has 5 heteroatoms. The molecule has 0 aliphatic heterocycles. The van der Waals surface area contributed by atoms with E-state index in [4.69, 9.17) is 4.74 Å². The van der Waals surface area contributed by atoms with Crippen LogP contribution in [0.15, 0.2) is 42.7 Å². The first-order valence-electron chi connectivity index (χ1n) is 5.89. The van der Waals surface area contributed by atoms with Crippen molar-refractivity contribution in [2.45, 2.75) is 6.54 Å². The molecule has 1 aromatic carbocycles. The molecule has 100 valence electrons. The fourth-order valence-electron chi connectivity index (χ4n) is 1.62. The number of hydrogen-bond acceptors (Lipinski definition) is 2. The average molecular weight is 262 g/mol. The van der Waals surface area contributed by atoms with Gasteiger partial charge in [0.15, 0.2) is 6.61 Å². The van der Waals surface area contributed by atoms with Gasteiger partial charge in [-0.25, -0.2) is 4.39 Å². The Morgan fingerprint density at radius 2 is 2.26 bits per heavy atom. The van der Waals surface area contributed by atoms with Crippen LogP contribution in [0, 0.1) is 5.82 Å². The highest BCUT2D eigenvalue weighted by Gasteiger charge is 2.04. The maximum atomic E-state index is 12.9. The lowest BCUT2D eigenvalue weighted by Crippen LogP contribution is -2.28. The van der Waals surface area contributed by atoms with Crippen molar-refractivity contribution in [1.29, 1.82) is 0 Å². The molecule has 0 aliphatic rings. The van der Waals surface area contributed by atoms with Crippen LogP contribution in [0.3, 0.4) is 0 Å². The summed E-state index contributed by atoms with van der Waals surface area (Å²) in [4.78, 5) is 11.5. The SMILES string of the molecule is Cn1ccc(CNC(=O)COc2cccc(F)c2)c1. The van der Waals surface area contributed by atoms with E-state index in [1.807, 2.05) is 30.1 Å². The van der Waals surface area contributed by atoms with Crippen LogP contribution in [-0.2, 0) is 18.4 Å². The lowest BCUT2D eigenvalue weighted by atomic mass is 10.3. The highest BCUT2D eigenvalue weighted by Crippen LogP contribution is 2.11. The molecule has 1 aromatic heterocycles. The Morgan fingerprint density at radius 1 is 1.42 bits per heavy atom. The summed E-state index contributed by atoms with van der Waals surface area (Å²) in [6.45, 7) is 0.322. The van der Waals surface area contributed by atoms with Gasteiger partial charge in [0.05, 0.1) is 0 Å². The number of benzene rings is 1. The molecule has 0 spiro atoms. The van der Waals surface area contributed by atoms with Crippen LogP contribution >= 0.6 is 0 Å². The summed E-state index contributed by atoms with van der Waals surface area (Å²) in [5.41, 5.74) is 1.02. The van der Waals surface area contributed by atoms with E-state index in [2.05, 4.69) is 5.32 Å². The van der Waals surface area contributed by atoms with E-state index >= 15 is 0 Å². The van der Waals surface area contributed by atoms with Gasteiger partial charge in [-0.2, -0.15) is 0 Å². The van der Waals surface area contributed by atoms with Crippen LogP contribution in [0.5, 0.6) is 5.75 Å². The number of rotatable bonds is 5. The topological polar surface area (TPSA) is 43.3 Å². The monoisotopic (exact) mass is 262 g/mol. The lowest BCUT2D eigenvalue weighted by Gasteiger charge is -2.06. The molecular weight excluding hydrogens is 247 g/mol. The van der Waals surface area contributed by atoms with Crippen LogP contribution < -0.4 is 10.1 Å². The van der Waals surface area contributed by atoms with Crippen LogP contribution in [0.1, 0.15) is 5.56 Å². The number of carbonyl (C=O) groups excluding carboxylic acids is 1. The summed E-state index contributed by atoms with van der Waals surface area (Å²) < 4.78 is 20.0. The van der Waals surface area contributed by atoms with Crippen LogP contribution in [0.4, 0.5) is 4.39 Å². The van der Waals surface area contributed by atoms with Crippen molar-refractivity contribution in [2.24, 2.45) is 7.05 Å². The van der Waals surface area contributed by atoms with E-state index in [0.717, 1.165) is 5.56 Å². The van der Waals surface area contributed by atoms with Gasteiger partial charge in [0.25, 0.3) is 5.91 Å². The van der Waals surface area contributed by atoms with E-state index in [-0.39, 0.29) is 18.3 Å². The summed E-state index contributed by atoms with van der Waals surface area (Å²) in [6.07, 6.45) is 3.83. The zero-order chi connectivity index (χ0) is 13.7. The predicted molar refractivity (Wildman–Crippen MR) is 69.2 cm³/mol. The van der Waals surface area contributed by atoms with Crippen molar-refractivity contribution in [2.75, 3.05) is 6.61 Å². The van der Waals surface area contributed by atoms with Gasteiger partial charge >= 0.3 is 0 Å². The van der Waals surface area contributed by atoms with Gasteiger partial charge in [-0.1, -0.05) is 6.07 Å². The maximum Gasteiger partial charge on any atom is 0.258 e. The molecule has 2 aromatic rings. The second-order valence-electron chi connectivity index (χ2n) is 4.21. The minimum absolute atomic E-state index is 0.129. The molecular formula is C14H15FN2O2. The quantitative estimate of drug-likeness (QED) is 0.893. The highest BCUT2D eigenvalue weighted by atomic mass is 19.1. The fraction of sp³-hybridized carbons (Fsp3) is 0.214. The molecule has 19 heavy (non-hydrogen) atoms. The Kier molecular flexibility index (Phi) is 4.18. The van der Waals surface area contributed by atoms with E-state index < -0.39 is 0 Å².